The SMILES string of the molecule is Cc1cc(NC(=O)CCc2nc(CSc3nc4ccccc4[nH]3)no2)no1. The Labute approximate surface area is 157 Å². The highest BCUT2D eigenvalue weighted by molar-refractivity contribution is 7.98. The van der Waals surface area contributed by atoms with E-state index in [9.17, 15) is 4.79 Å². The number of nitrogens with zero attached hydrogens (tertiary/aromatic N) is 4. The van der Waals surface area contributed by atoms with Gasteiger partial charge in [-0.05, 0) is 19.1 Å². The van der Waals surface area contributed by atoms with Crippen LogP contribution in [0.4, 0.5) is 5.82 Å². The number of aryl methyl sites for hydroxylation is 2. The van der Waals surface area contributed by atoms with E-state index in [0.29, 0.717) is 35.5 Å². The number of para-hydroxylation sites is 2. The van der Waals surface area contributed by atoms with Crippen molar-refractivity contribution >= 4 is 34.5 Å². The first kappa shape index (κ1) is 17.3. The molecule has 0 fully saturated rings. The van der Waals surface area contributed by atoms with E-state index >= 15 is 0 Å². The van der Waals surface area contributed by atoms with Crippen molar-refractivity contribution in [2.75, 3.05) is 5.32 Å². The van der Waals surface area contributed by atoms with Gasteiger partial charge in [-0.25, -0.2) is 4.98 Å². The van der Waals surface area contributed by atoms with Gasteiger partial charge in [0.05, 0.1) is 16.8 Å². The monoisotopic (exact) mass is 384 g/mol. The van der Waals surface area contributed by atoms with Crippen molar-refractivity contribution in [3.8, 4) is 0 Å². The zero-order valence-electron chi connectivity index (χ0n) is 14.4. The largest absolute Gasteiger partial charge is 0.360 e. The lowest BCUT2D eigenvalue weighted by Crippen LogP contribution is -2.12. The fourth-order valence-corrected chi connectivity index (χ4v) is 3.16. The summed E-state index contributed by atoms with van der Waals surface area (Å²) in [6.07, 6.45) is 0.565. The Morgan fingerprint density at radius 3 is 2.93 bits per heavy atom. The zero-order chi connectivity index (χ0) is 18.6. The number of aromatic nitrogens is 5. The number of carbonyl (C=O) groups is 1. The van der Waals surface area contributed by atoms with Crippen LogP contribution in [-0.4, -0.2) is 31.2 Å². The number of rotatable bonds is 7. The first-order chi connectivity index (χ1) is 13.2. The van der Waals surface area contributed by atoms with Crippen LogP contribution in [0.3, 0.4) is 0 Å². The van der Waals surface area contributed by atoms with Gasteiger partial charge in [0.15, 0.2) is 16.8 Å². The van der Waals surface area contributed by atoms with Crippen LogP contribution in [0.25, 0.3) is 11.0 Å². The molecule has 0 saturated heterocycles. The molecule has 0 atom stereocenters. The number of thioether (sulfide) groups is 1. The van der Waals surface area contributed by atoms with E-state index in [-0.39, 0.29) is 12.3 Å². The summed E-state index contributed by atoms with van der Waals surface area (Å²) in [5.74, 6) is 2.33. The van der Waals surface area contributed by atoms with Gasteiger partial charge in [-0.2, -0.15) is 4.98 Å². The van der Waals surface area contributed by atoms with Crippen molar-refractivity contribution in [2.45, 2.75) is 30.7 Å². The Balaban J connectivity index is 1.27. The average Bonchev–Trinajstić information content (AvgIpc) is 3.37. The van der Waals surface area contributed by atoms with Crippen molar-refractivity contribution in [2.24, 2.45) is 0 Å². The second-order valence-electron chi connectivity index (χ2n) is 5.82. The fraction of sp³-hybridized carbons (Fsp3) is 0.235. The van der Waals surface area contributed by atoms with Crippen molar-refractivity contribution in [1.82, 2.24) is 25.3 Å². The van der Waals surface area contributed by atoms with Gasteiger partial charge in [-0.15, -0.1) is 0 Å². The highest BCUT2D eigenvalue weighted by Gasteiger charge is 2.12. The first-order valence-electron chi connectivity index (χ1n) is 8.28. The van der Waals surface area contributed by atoms with Crippen molar-refractivity contribution in [3.63, 3.8) is 0 Å². The lowest BCUT2D eigenvalue weighted by Gasteiger charge is -1.98. The molecular formula is C17H16N6O3S. The number of anilines is 1. The third kappa shape index (κ3) is 4.34. The highest BCUT2D eigenvalue weighted by Crippen LogP contribution is 2.22. The Bertz CT molecular complexity index is 1040. The van der Waals surface area contributed by atoms with Crippen LogP contribution in [0.15, 0.2) is 44.5 Å². The van der Waals surface area contributed by atoms with Gasteiger partial charge < -0.3 is 19.3 Å². The number of fused-ring (bicyclic) bond motifs is 1. The molecule has 0 aliphatic rings. The molecule has 9 nitrogen and oxygen atoms in total. The van der Waals surface area contributed by atoms with Gasteiger partial charge in [-0.3, -0.25) is 4.79 Å². The molecule has 3 aromatic heterocycles. The smallest absolute Gasteiger partial charge is 0.227 e. The molecule has 0 saturated carbocycles. The molecule has 4 rings (SSSR count). The van der Waals surface area contributed by atoms with Gasteiger partial charge in [0, 0.05) is 18.9 Å². The molecule has 27 heavy (non-hydrogen) atoms. The molecule has 0 bridgehead atoms. The van der Waals surface area contributed by atoms with Crippen LogP contribution in [0.5, 0.6) is 0 Å². The van der Waals surface area contributed by atoms with Crippen molar-refractivity contribution in [1.29, 1.82) is 0 Å². The number of hydrogen-bond acceptors (Lipinski definition) is 8. The molecule has 3 heterocycles. The maximum absolute atomic E-state index is 11.9. The number of aromatic amines is 1. The number of H-pyrrole nitrogens is 1. The van der Waals surface area contributed by atoms with Crippen LogP contribution in [0.1, 0.15) is 23.9 Å². The van der Waals surface area contributed by atoms with Crippen LogP contribution in [-0.2, 0) is 17.0 Å². The summed E-state index contributed by atoms with van der Waals surface area (Å²) in [7, 11) is 0. The molecule has 2 N–H and O–H groups in total. The Morgan fingerprint density at radius 1 is 1.22 bits per heavy atom. The van der Waals surface area contributed by atoms with E-state index in [0.717, 1.165) is 16.2 Å². The van der Waals surface area contributed by atoms with E-state index in [1.165, 1.54) is 11.8 Å². The van der Waals surface area contributed by atoms with E-state index in [1.54, 1.807) is 13.0 Å². The predicted octanol–water partition coefficient (Wildman–Crippen LogP) is 3.11. The third-order valence-electron chi connectivity index (χ3n) is 3.68. The summed E-state index contributed by atoms with van der Waals surface area (Å²) >= 11 is 1.49. The minimum atomic E-state index is -0.195. The number of carbonyl (C=O) groups excluding carboxylic acids is 1. The van der Waals surface area contributed by atoms with Crippen LogP contribution in [0.2, 0.25) is 0 Å². The Hall–Kier alpha value is -3.14. The molecule has 1 amide bonds. The Morgan fingerprint density at radius 2 is 2.11 bits per heavy atom. The normalized spacial score (nSPS) is 11.1. The van der Waals surface area contributed by atoms with Crippen LogP contribution in [0, 0.1) is 6.92 Å². The van der Waals surface area contributed by atoms with Gasteiger partial charge >= 0.3 is 0 Å². The molecule has 0 radical (unpaired) electrons. The second-order valence-corrected chi connectivity index (χ2v) is 6.79. The summed E-state index contributed by atoms with van der Waals surface area (Å²) in [5.41, 5.74) is 1.91. The molecule has 0 unspecified atom stereocenters. The molecule has 10 heteroatoms. The molecule has 4 aromatic rings. The number of imidazole rings is 1. The minimum absolute atomic E-state index is 0.195. The number of hydrogen-bond donors (Lipinski definition) is 2. The van der Waals surface area contributed by atoms with Crippen molar-refractivity contribution < 1.29 is 13.8 Å². The fourth-order valence-electron chi connectivity index (χ4n) is 2.43. The number of nitrogens with one attached hydrogen (secondary N) is 2. The molecular weight excluding hydrogens is 368 g/mol. The second kappa shape index (κ2) is 7.62. The standard InChI is InChI=1S/C17H16N6O3S/c1-10-8-13(22-25-10)20-15(24)6-7-16-21-14(23-26-16)9-27-17-18-11-4-2-3-5-12(11)19-17/h2-5,8H,6-7,9H2,1H3,(H,18,19)(H,20,22,24). The summed E-state index contributed by atoms with van der Waals surface area (Å²) < 4.78 is 10.1. The minimum Gasteiger partial charge on any atom is -0.360 e. The summed E-state index contributed by atoms with van der Waals surface area (Å²) in [6, 6.07) is 9.49. The van der Waals surface area contributed by atoms with Crippen LogP contribution < -0.4 is 5.32 Å². The topological polar surface area (TPSA) is 123 Å². The van der Waals surface area contributed by atoms with Gasteiger partial charge in [0.2, 0.25) is 11.8 Å². The highest BCUT2D eigenvalue weighted by atomic mass is 32.2. The lowest BCUT2D eigenvalue weighted by atomic mass is 10.3. The van der Waals surface area contributed by atoms with E-state index in [4.69, 9.17) is 9.05 Å². The maximum Gasteiger partial charge on any atom is 0.227 e. The average molecular weight is 384 g/mol. The predicted molar refractivity (Wildman–Crippen MR) is 98.1 cm³/mol. The number of amides is 1. The molecule has 138 valence electrons. The van der Waals surface area contributed by atoms with E-state index < -0.39 is 0 Å². The lowest BCUT2D eigenvalue weighted by molar-refractivity contribution is -0.116. The molecule has 1 aromatic carbocycles. The Kier molecular flexibility index (Phi) is 4.88. The molecule has 0 aliphatic heterocycles. The molecule has 0 aliphatic carbocycles. The zero-order valence-corrected chi connectivity index (χ0v) is 15.2. The van der Waals surface area contributed by atoms with Crippen LogP contribution >= 0.6 is 11.8 Å². The summed E-state index contributed by atoms with van der Waals surface area (Å²) in [6.45, 7) is 1.76. The van der Waals surface area contributed by atoms with E-state index in [2.05, 4.69) is 30.6 Å². The summed E-state index contributed by atoms with van der Waals surface area (Å²) in [4.78, 5) is 23.9. The van der Waals surface area contributed by atoms with E-state index in [1.807, 2.05) is 24.3 Å². The molecule has 0 spiro atoms. The third-order valence-corrected chi connectivity index (χ3v) is 4.55. The van der Waals surface area contributed by atoms with Crippen molar-refractivity contribution in [3.05, 3.63) is 47.8 Å². The van der Waals surface area contributed by atoms with Gasteiger partial charge in [-0.1, -0.05) is 34.2 Å². The first-order valence-corrected chi connectivity index (χ1v) is 9.26. The maximum atomic E-state index is 11.9. The summed E-state index contributed by atoms with van der Waals surface area (Å²) in [5, 5.41) is 11.1. The van der Waals surface area contributed by atoms with Gasteiger partial charge in [0.1, 0.15) is 5.76 Å². The number of benzene rings is 1. The van der Waals surface area contributed by atoms with Gasteiger partial charge in [0.25, 0.3) is 0 Å². The quantitative estimate of drug-likeness (QED) is 0.466.